The molecule has 8 heteroatoms. The zero-order chi connectivity index (χ0) is 17.9. The number of esters is 1. The second-order valence-electron chi connectivity index (χ2n) is 4.99. The Morgan fingerprint density at radius 1 is 1.21 bits per heavy atom. The van der Waals surface area contributed by atoms with Crippen molar-refractivity contribution >= 4 is 51.2 Å². The number of ether oxygens (including phenoxy) is 1. The molecule has 0 saturated heterocycles. The Morgan fingerprint density at radius 2 is 1.96 bits per heavy atom. The summed E-state index contributed by atoms with van der Waals surface area (Å²) in [5.74, 6) is 0.165. The molecule has 0 spiro atoms. The van der Waals surface area contributed by atoms with Gasteiger partial charge in [0.25, 0.3) is 0 Å². The van der Waals surface area contributed by atoms with E-state index >= 15 is 0 Å². The van der Waals surface area contributed by atoms with Gasteiger partial charge in [-0.05, 0) is 24.6 Å². The first-order chi connectivity index (χ1) is 11.4. The monoisotopic (exact) mass is 416 g/mol. The van der Waals surface area contributed by atoms with Gasteiger partial charge in [0.1, 0.15) is 0 Å². The molecular weight excluding hydrogens is 396 g/mol. The van der Waals surface area contributed by atoms with Crippen LogP contribution in [0.4, 0.5) is 5.69 Å². The number of rotatable bonds is 9. The molecule has 0 fully saturated rings. The molecule has 2 N–H and O–H groups in total. The van der Waals surface area contributed by atoms with Crippen LogP contribution in [-0.4, -0.2) is 42.9 Å². The van der Waals surface area contributed by atoms with E-state index in [0.717, 1.165) is 15.7 Å². The van der Waals surface area contributed by atoms with E-state index in [4.69, 9.17) is 0 Å². The highest BCUT2D eigenvalue weighted by atomic mass is 79.9. The number of carbonyl (C=O) groups is 3. The van der Waals surface area contributed by atoms with Crippen molar-refractivity contribution in [2.45, 2.75) is 19.8 Å². The van der Waals surface area contributed by atoms with E-state index in [1.54, 1.807) is 0 Å². The van der Waals surface area contributed by atoms with E-state index in [0.29, 0.717) is 12.2 Å². The Labute approximate surface area is 154 Å². The van der Waals surface area contributed by atoms with Crippen molar-refractivity contribution in [1.82, 2.24) is 5.32 Å². The van der Waals surface area contributed by atoms with E-state index in [9.17, 15) is 14.4 Å². The molecule has 0 saturated carbocycles. The average molecular weight is 417 g/mol. The number of amides is 2. The Kier molecular flexibility index (Phi) is 9.48. The molecule has 132 valence electrons. The van der Waals surface area contributed by atoms with Gasteiger partial charge in [0, 0.05) is 35.3 Å². The minimum atomic E-state index is -0.306. The van der Waals surface area contributed by atoms with Crippen LogP contribution < -0.4 is 10.6 Å². The van der Waals surface area contributed by atoms with Crippen LogP contribution in [0.2, 0.25) is 0 Å². The summed E-state index contributed by atoms with van der Waals surface area (Å²) in [4.78, 5) is 34.4. The van der Waals surface area contributed by atoms with Crippen molar-refractivity contribution in [3.63, 3.8) is 0 Å². The zero-order valence-corrected chi connectivity index (χ0v) is 16.1. The standard InChI is InChI=1S/C16H21BrN2O4S/c1-11-3-4-12(17)9-13(11)19-15(21)5-7-18-14(20)6-8-24-10-16(22)23-2/h3-4,9H,5-8,10H2,1-2H3,(H,18,20)(H,19,21). The van der Waals surface area contributed by atoms with Crippen LogP contribution in [0.1, 0.15) is 18.4 Å². The lowest BCUT2D eigenvalue weighted by Gasteiger charge is -2.09. The van der Waals surface area contributed by atoms with E-state index in [1.165, 1.54) is 18.9 Å². The number of aryl methyl sites for hydroxylation is 1. The van der Waals surface area contributed by atoms with Gasteiger partial charge in [-0.3, -0.25) is 14.4 Å². The summed E-state index contributed by atoms with van der Waals surface area (Å²) in [6.45, 7) is 2.19. The van der Waals surface area contributed by atoms with Gasteiger partial charge < -0.3 is 15.4 Å². The number of anilines is 1. The number of hydrogen-bond acceptors (Lipinski definition) is 5. The molecule has 0 bridgehead atoms. The van der Waals surface area contributed by atoms with Gasteiger partial charge in [0.05, 0.1) is 12.9 Å². The number of hydrogen-bond donors (Lipinski definition) is 2. The fourth-order valence-electron chi connectivity index (χ4n) is 1.72. The van der Waals surface area contributed by atoms with Gasteiger partial charge in [-0.2, -0.15) is 0 Å². The third-order valence-electron chi connectivity index (χ3n) is 3.07. The first-order valence-corrected chi connectivity index (χ1v) is 9.34. The average Bonchev–Trinajstić information content (AvgIpc) is 2.54. The normalized spacial score (nSPS) is 10.1. The van der Waals surface area contributed by atoms with Gasteiger partial charge in [-0.15, -0.1) is 11.8 Å². The van der Waals surface area contributed by atoms with Gasteiger partial charge in [0.15, 0.2) is 0 Å². The second kappa shape index (κ2) is 11.1. The Bertz CT molecular complexity index is 595. The maximum atomic E-state index is 11.9. The van der Waals surface area contributed by atoms with E-state index in [1.807, 2.05) is 25.1 Å². The number of methoxy groups -OCH3 is 1. The Morgan fingerprint density at radius 3 is 2.67 bits per heavy atom. The zero-order valence-electron chi connectivity index (χ0n) is 13.7. The van der Waals surface area contributed by atoms with E-state index < -0.39 is 0 Å². The molecule has 0 heterocycles. The molecular formula is C16H21BrN2O4S. The number of thioether (sulfide) groups is 1. The van der Waals surface area contributed by atoms with Crippen LogP contribution in [0, 0.1) is 6.92 Å². The molecule has 2 amide bonds. The quantitative estimate of drug-likeness (QED) is 0.477. The van der Waals surface area contributed by atoms with Crippen molar-refractivity contribution in [3.8, 4) is 0 Å². The Balaban J connectivity index is 2.19. The fraction of sp³-hybridized carbons (Fsp3) is 0.438. The summed E-state index contributed by atoms with van der Waals surface area (Å²) >= 11 is 4.70. The summed E-state index contributed by atoms with van der Waals surface area (Å²) < 4.78 is 5.40. The molecule has 0 aromatic heterocycles. The summed E-state index contributed by atoms with van der Waals surface area (Å²) in [6.07, 6.45) is 0.501. The summed E-state index contributed by atoms with van der Waals surface area (Å²) in [5, 5.41) is 5.51. The topological polar surface area (TPSA) is 84.5 Å². The minimum Gasteiger partial charge on any atom is -0.468 e. The van der Waals surface area contributed by atoms with Crippen molar-refractivity contribution in [3.05, 3.63) is 28.2 Å². The highest BCUT2D eigenvalue weighted by molar-refractivity contribution is 9.10. The molecule has 6 nitrogen and oxygen atoms in total. The smallest absolute Gasteiger partial charge is 0.315 e. The molecule has 1 aromatic carbocycles. The predicted molar refractivity (Wildman–Crippen MR) is 99.1 cm³/mol. The third kappa shape index (κ3) is 8.35. The lowest BCUT2D eigenvalue weighted by molar-refractivity contribution is -0.137. The van der Waals surface area contributed by atoms with Gasteiger partial charge >= 0.3 is 5.97 Å². The largest absolute Gasteiger partial charge is 0.468 e. The highest BCUT2D eigenvalue weighted by Gasteiger charge is 2.07. The molecule has 24 heavy (non-hydrogen) atoms. The molecule has 1 rings (SSSR count). The predicted octanol–water partition coefficient (Wildman–Crippen LogP) is 2.50. The van der Waals surface area contributed by atoms with Gasteiger partial charge in [-0.1, -0.05) is 22.0 Å². The van der Waals surface area contributed by atoms with Gasteiger partial charge in [0.2, 0.25) is 11.8 Å². The summed E-state index contributed by atoms with van der Waals surface area (Å²) in [7, 11) is 1.33. The summed E-state index contributed by atoms with van der Waals surface area (Å²) in [6, 6.07) is 5.65. The van der Waals surface area contributed by atoms with Crippen LogP contribution in [-0.2, 0) is 19.1 Å². The number of benzene rings is 1. The highest BCUT2D eigenvalue weighted by Crippen LogP contribution is 2.20. The number of carbonyl (C=O) groups excluding carboxylic acids is 3. The number of halogens is 1. The minimum absolute atomic E-state index is 0.140. The van der Waals surface area contributed by atoms with Crippen LogP contribution in [0.25, 0.3) is 0 Å². The lowest BCUT2D eigenvalue weighted by Crippen LogP contribution is -2.28. The van der Waals surface area contributed by atoms with Crippen molar-refractivity contribution in [2.75, 3.05) is 30.5 Å². The lowest BCUT2D eigenvalue weighted by atomic mass is 10.2. The third-order valence-corrected chi connectivity index (χ3v) is 4.49. The van der Waals surface area contributed by atoms with Crippen LogP contribution in [0.3, 0.4) is 0 Å². The molecule has 0 aliphatic heterocycles. The van der Waals surface area contributed by atoms with E-state index in [2.05, 4.69) is 31.3 Å². The number of nitrogens with one attached hydrogen (secondary N) is 2. The fourth-order valence-corrected chi connectivity index (χ4v) is 2.84. The SMILES string of the molecule is COC(=O)CSCCC(=O)NCCC(=O)Nc1cc(Br)ccc1C. The molecule has 0 aliphatic carbocycles. The van der Waals surface area contributed by atoms with Crippen molar-refractivity contribution in [1.29, 1.82) is 0 Å². The second-order valence-corrected chi connectivity index (χ2v) is 7.01. The first kappa shape index (κ1) is 20.5. The molecule has 0 radical (unpaired) electrons. The van der Waals surface area contributed by atoms with Crippen LogP contribution >= 0.6 is 27.7 Å². The van der Waals surface area contributed by atoms with Crippen molar-refractivity contribution < 1.29 is 19.1 Å². The maximum Gasteiger partial charge on any atom is 0.315 e. The molecule has 0 aliphatic rings. The van der Waals surface area contributed by atoms with Crippen LogP contribution in [0.5, 0.6) is 0 Å². The molecule has 0 atom stereocenters. The maximum absolute atomic E-state index is 11.9. The van der Waals surface area contributed by atoms with Gasteiger partial charge in [-0.25, -0.2) is 0 Å². The molecule has 1 aromatic rings. The summed E-state index contributed by atoms with van der Waals surface area (Å²) in [5.41, 5.74) is 1.72. The molecule has 0 unspecified atom stereocenters. The van der Waals surface area contributed by atoms with E-state index in [-0.39, 0.29) is 36.5 Å². The van der Waals surface area contributed by atoms with Crippen molar-refractivity contribution in [2.24, 2.45) is 0 Å². The van der Waals surface area contributed by atoms with Crippen LogP contribution in [0.15, 0.2) is 22.7 Å². The Hall–Kier alpha value is -1.54. The first-order valence-electron chi connectivity index (χ1n) is 7.39.